The highest BCUT2D eigenvalue weighted by atomic mass is 16.5. The van der Waals surface area contributed by atoms with Gasteiger partial charge >= 0.3 is 0 Å². The molecule has 0 bridgehead atoms. The van der Waals surface area contributed by atoms with E-state index in [1.165, 1.54) is 37.1 Å². The van der Waals surface area contributed by atoms with Crippen LogP contribution in [0.15, 0.2) is 48.5 Å². The maximum absolute atomic E-state index is 12.3. The SMILES string of the molecule is Cc1ccc(OCCNC(=O)c2ccc(CN3CCCC(C)C3)cc2)cc1. The number of piperidine rings is 1. The van der Waals surface area contributed by atoms with Gasteiger partial charge in [0, 0.05) is 18.7 Å². The molecule has 27 heavy (non-hydrogen) atoms. The van der Waals surface area contributed by atoms with Crippen LogP contribution in [0.4, 0.5) is 0 Å². The Bertz CT molecular complexity index is 725. The molecule has 1 heterocycles. The third kappa shape index (κ3) is 6.10. The first-order valence-corrected chi connectivity index (χ1v) is 9.89. The van der Waals surface area contributed by atoms with Crippen LogP contribution in [0.1, 0.15) is 41.3 Å². The van der Waals surface area contributed by atoms with E-state index in [4.69, 9.17) is 4.74 Å². The van der Waals surface area contributed by atoms with E-state index in [1.54, 1.807) is 0 Å². The maximum Gasteiger partial charge on any atom is 0.251 e. The summed E-state index contributed by atoms with van der Waals surface area (Å²) in [6.07, 6.45) is 2.62. The Labute approximate surface area is 162 Å². The van der Waals surface area contributed by atoms with Crippen LogP contribution in [-0.4, -0.2) is 37.0 Å². The molecule has 0 radical (unpaired) electrons. The summed E-state index contributed by atoms with van der Waals surface area (Å²) in [5.41, 5.74) is 3.17. The Morgan fingerprint density at radius 3 is 2.59 bits per heavy atom. The Morgan fingerprint density at radius 2 is 1.89 bits per heavy atom. The Hall–Kier alpha value is -2.33. The fourth-order valence-corrected chi connectivity index (χ4v) is 3.52. The summed E-state index contributed by atoms with van der Waals surface area (Å²) in [5.74, 6) is 1.55. The molecule has 1 fully saturated rings. The van der Waals surface area contributed by atoms with E-state index in [9.17, 15) is 4.79 Å². The molecule has 1 amide bonds. The van der Waals surface area contributed by atoms with Gasteiger partial charge in [-0.05, 0) is 62.1 Å². The van der Waals surface area contributed by atoms with Crippen LogP contribution in [0.25, 0.3) is 0 Å². The second kappa shape index (κ2) is 9.56. The fourth-order valence-electron chi connectivity index (χ4n) is 3.52. The molecule has 3 rings (SSSR count). The van der Waals surface area contributed by atoms with Gasteiger partial charge in [0.25, 0.3) is 5.91 Å². The highest BCUT2D eigenvalue weighted by Gasteiger charge is 2.16. The third-order valence-corrected chi connectivity index (χ3v) is 5.04. The monoisotopic (exact) mass is 366 g/mol. The summed E-state index contributed by atoms with van der Waals surface area (Å²) in [6, 6.07) is 15.9. The molecule has 2 aromatic rings. The molecule has 1 N–H and O–H groups in total. The predicted octanol–water partition coefficient (Wildman–Crippen LogP) is 4.04. The quantitative estimate of drug-likeness (QED) is 0.752. The predicted molar refractivity (Wildman–Crippen MR) is 109 cm³/mol. The number of carbonyl (C=O) groups is 1. The molecule has 0 spiro atoms. The first-order valence-electron chi connectivity index (χ1n) is 9.89. The number of carbonyl (C=O) groups excluding carboxylic acids is 1. The summed E-state index contributed by atoms with van der Waals surface area (Å²) in [7, 11) is 0. The fraction of sp³-hybridized carbons (Fsp3) is 0.435. The minimum absolute atomic E-state index is 0.0550. The average Bonchev–Trinajstić information content (AvgIpc) is 2.67. The van der Waals surface area contributed by atoms with Crippen LogP contribution in [0.3, 0.4) is 0 Å². The number of aryl methyl sites for hydroxylation is 1. The zero-order valence-electron chi connectivity index (χ0n) is 16.4. The number of amides is 1. The third-order valence-electron chi connectivity index (χ3n) is 5.04. The van der Waals surface area contributed by atoms with E-state index in [-0.39, 0.29) is 5.91 Å². The molecule has 1 aliphatic rings. The number of likely N-dealkylation sites (tertiary alicyclic amines) is 1. The van der Waals surface area contributed by atoms with Crippen molar-refractivity contribution >= 4 is 5.91 Å². The summed E-state index contributed by atoms with van der Waals surface area (Å²) in [5, 5.41) is 2.91. The van der Waals surface area contributed by atoms with E-state index in [2.05, 4.69) is 29.3 Å². The number of nitrogens with zero attached hydrogens (tertiary/aromatic N) is 1. The highest BCUT2D eigenvalue weighted by Crippen LogP contribution is 2.18. The number of ether oxygens (including phenoxy) is 1. The molecular weight excluding hydrogens is 336 g/mol. The van der Waals surface area contributed by atoms with E-state index < -0.39 is 0 Å². The van der Waals surface area contributed by atoms with Crippen molar-refractivity contribution in [2.75, 3.05) is 26.2 Å². The molecular formula is C23H30N2O2. The van der Waals surface area contributed by atoms with Crippen LogP contribution in [-0.2, 0) is 6.54 Å². The van der Waals surface area contributed by atoms with E-state index in [0.29, 0.717) is 18.7 Å². The van der Waals surface area contributed by atoms with Crippen LogP contribution >= 0.6 is 0 Å². The average molecular weight is 367 g/mol. The van der Waals surface area contributed by atoms with Crippen LogP contribution in [0, 0.1) is 12.8 Å². The minimum Gasteiger partial charge on any atom is -0.492 e. The Morgan fingerprint density at radius 1 is 1.15 bits per heavy atom. The van der Waals surface area contributed by atoms with Crippen molar-refractivity contribution in [2.45, 2.75) is 33.2 Å². The molecule has 1 atom stereocenters. The lowest BCUT2D eigenvalue weighted by Crippen LogP contribution is -2.33. The Kier molecular flexibility index (Phi) is 6.88. The van der Waals surface area contributed by atoms with Crippen molar-refractivity contribution in [3.8, 4) is 5.75 Å². The second-order valence-corrected chi connectivity index (χ2v) is 7.60. The maximum atomic E-state index is 12.3. The minimum atomic E-state index is -0.0550. The molecule has 1 aliphatic heterocycles. The van der Waals surface area contributed by atoms with Gasteiger partial charge in [0.2, 0.25) is 0 Å². The van der Waals surface area contributed by atoms with Gasteiger partial charge in [-0.25, -0.2) is 0 Å². The van der Waals surface area contributed by atoms with Crippen molar-refractivity contribution in [3.63, 3.8) is 0 Å². The molecule has 0 aromatic heterocycles. The molecule has 1 saturated heterocycles. The number of hydrogen-bond donors (Lipinski definition) is 1. The molecule has 0 aliphatic carbocycles. The van der Waals surface area contributed by atoms with Crippen molar-refractivity contribution in [3.05, 3.63) is 65.2 Å². The van der Waals surface area contributed by atoms with Crippen molar-refractivity contribution < 1.29 is 9.53 Å². The highest BCUT2D eigenvalue weighted by molar-refractivity contribution is 5.94. The lowest BCUT2D eigenvalue weighted by atomic mass is 9.99. The largest absolute Gasteiger partial charge is 0.492 e. The topological polar surface area (TPSA) is 41.6 Å². The number of nitrogens with one attached hydrogen (secondary N) is 1. The summed E-state index contributed by atoms with van der Waals surface area (Å²) < 4.78 is 5.64. The van der Waals surface area contributed by atoms with Crippen molar-refractivity contribution in [2.24, 2.45) is 5.92 Å². The lowest BCUT2D eigenvalue weighted by Gasteiger charge is -2.30. The first-order chi connectivity index (χ1) is 13.1. The van der Waals surface area contributed by atoms with E-state index >= 15 is 0 Å². The van der Waals surface area contributed by atoms with Crippen molar-refractivity contribution in [1.29, 1.82) is 0 Å². The molecule has 4 heteroatoms. The van der Waals surface area contributed by atoms with E-state index in [0.717, 1.165) is 18.2 Å². The smallest absolute Gasteiger partial charge is 0.251 e. The van der Waals surface area contributed by atoms with Crippen LogP contribution in [0.5, 0.6) is 5.75 Å². The normalized spacial score (nSPS) is 17.5. The molecule has 0 saturated carbocycles. The zero-order chi connectivity index (χ0) is 19.1. The molecule has 4 nitrogen and oxygen atoms in total. The zero-order valence-corrected chi connectivity index (χ0v) is 16.4. The van der Waals surface area contributed by atoms with Gasteiger partial charge in [-0.2, -0.15) is 0 Å². The second-order valence-electron chi connectivity index (χ2n) is 7.60. The lowest BCUT2D eigenvalue weighted by molar-refractivity contribution is 0.0947. The van der Waals surface area contributed by atoms with Gasteiger partial charge in [-0.15, -0.1) is 0 Å². The van der Waals surface area contributed by atoms with Gasteiger partial charge in [0.1, 0.15) is 12.4 Å². The standard InChI is InChI=1S/C23H30N2O2/c1-18-5-11-22(12-6-18)27-15-13-24-23(26)21-9-7-20(8-10-21)17-25-14-3-4-19(2)16-25/h5-12,19H,3-4,13-17H2,1-2H3,(H,24,26). The van der Waals surface area contributed by atoms with E-state index in [1.807, 2.05) is 43.3 Å². The number of rotatable bonds is 7. The molecule has 2 aromatic carbocycles. The van der Waals surface area contributed by atoms with Crippen LogP contribution < -0.4 is 10.1 Å². The van der Waals surface area contributed by atoms with Crippen LogP contribution in [0.2, 0.25) is 0 Å². The van der Waals surface area contributed by atoms with Gasteiger partial charge in [-0.1, -0.05) is 36.8 Å². The van der Waals surface area contributed by atoms with Gasteiger partial charge in [-0.3, -0.25) is 9.69 Å². The van der Waals surface area contributed by atoms with Gasteiger partial charge in [0.15, 0.2) is 0 Å². The summed E-state index contributed by atoms with van der Waals surface area (Å²) >= 11 is 0. The van der Waals surface area contributed by atoms with Gasteiger partial charge < -0.3 is 10.1 Å². The number of benzene rings is 2. The van der Waals surface area contributed by atoms with Crippen molar-refractivity contribution in [1.82, 2.24) is 10.2 Å². The number of hydrogen-bond acceptors (Lipinski definition) is 3. The summed E-state index contributed by atoms with van der Waals surface area (Å²) in [4.78, 5) is 14.8. The molecule has 1 unspecified atom stereocenters. The Balaban J connectivity index is 1.41. The van der Waals surface area contributed by atoms with Gasteiger partial charge in [0.05, 0.1) is 6.54 Å². The summed E-state index contributed by atoms with van der Waals surface area (Å²) in [6.45, 7) is 8.62. The first kappa shape index (κ1) is 19.4. The molecule has 144 valence electrons.